The van der Waals surface area contributed by atoms with Gasteiger partial charge in [-0.25, -0.2) is 4.39 Å². The number of benzene rings is 1. The lowest BCUT2D eigenvalue weighted by atomic mass is 10.1. The Kier molecular flexibility index (Phi) is 4.15. The molecule has 0 N–H and O–H groups in total. The van der Waals surface area contributed by atoms with Gasteiger partial charge in [0.2, 0.25) is 5.89 Å². The molecule has 1 aliphatic rings. The number of halogens is 1. The predicted molar refractivity (Wildman–Crippen MR) is 75.6 cm³/mol. The van der Waals surface area contributed by atoms with Gasteiger partial charge in [0.05, 0.1) is 13.2 Å². The molecule has 2 heterocycles. The Bertz CT molecular complexity index is 585. The zero-order chi connectivity index (χ0) is 14.7. The smallest absolute Gasteiger partial charge is 0.318 e. The number of aromatic nitrogens is 2. The average Bonchev–Trinajstić information content (AvgIpc) is 2.97. The number of anilines is 1. The van der Waals surface area contributed by atoms with Crippen LogP contribution in [0.15, 0.2) is 28.7 Å². The van der Waals surface area contributed by atoms with E-state index in [1.54, 1.807) is 12.1 Å². The van der Waals surface area contributed by atoms with Crippen molar-refractivity contribution in [3.63, 3.8) is 0 Å². The summed E-state index contributed by atoms with van der Waals surface area (Å²) in [6, 6.07) is 6.93. The predicted octanol–water partition coefficient (Wildman–Crippen LogP) is 2.74. The van der Waals surface area contributed by atoms with Crippen LogP contribution in [0.25, 0.3) is 0 Å². The summed E-state index contributed by atoms with van der Waals surface area (Å²) in [5, 5.41) is 8.14. The number of nitrogens with zero attached hydrogens (tertiary/aromatic N) is 3. The van der Waals surface area contributed by atoms with E-state index in [0.29, 0.717) is 31.6 Å². The lowest BCUT2D eigenvalue weighted by Gasteiger charge is -2.31. The molecule has 1 saturated heterocycles. The van der Waals surface area contributed by atoms with E-state index in [1.807, 2.05) is 4.90 Å². The third kappa shape index (κ3) is 3.21. The van der Waals surface area contributed by atoms with Gasteiger partial charge in [-0.1, -0.05) is 24.2 Å². The molecule has 0 radical (unpaired) electrons. The number of aryl methyl sites for hydroxylation is 1. The van der Waals surface area contributed by atoms with E-state index in [-0.39, 0.29) is 11.9 Å². The highest BCUT2D eigenvalue weighted by atomic mass is 19.1. The molecule has 0 bridgehead atoms. The van der Waals surface area contributed by atoms with E-state index in [1.165, 1.54) is 12.1 Å². The fourth-order valence-electron chi connectivity index (χ4n) is 2.39. The van der Waals surface area contributed by atoms with Crippen molar-refractivity contribution < 1.29 is 13.5 Å². The SMILES string of the molecule is CCCc1nnc(N2CCO[C@H](c3ccc(F)cc3)C2)o1. The van der Waals surface area contributed by atoms with E-state index in [2.05, 4.69) is 17.1 Å². The van der Waals surface area contributed by atoms with Crippen molar-refractivity contribution >= 4 is 6.01 Å². The number of ether oxygens (including phenoxy) is 1. The van der Waals surface area contributed by atoms with Crippen molar-refractivity contribution in [3.8, 4) is 0 Å². The van der Waals surface area contributed by atoms with Gasteiger partial charge in [0.1, 0.15) is 11.9 Å². The molecule has 3 rings (SSSR count). The molecule has 6 heteroatoms. The average molecular weight is 291 g/mol. The third-order valence-electron chi connectivity index (χ3n) is 3.50. The van der Waals surface area contributed by atoms with Gasteiger partial charge in [-0.2, -0.15) is 0 Å². The molecule has 0 saturated carbocycles. The molecule has 1 aromatic heterocycles. The third-order valence-corrected chi connectivity index (χ3v) is 3.50. The van der Waals surface area contributed by atoms with Crippen molar-refractivity contribution in [2.75, 3.05) is 24.6 Å². The molecule has 21 heavy (non-hydrogen) atoms. The minimum atomic E-state index is -0.243. The van der Waals surface area contributed by atoms with Gasteiger partial charge in [-0.05, 0) is 24.1 Å². The van der Waals surface area contributed by atoms with E-state index >= 15 is 0 Å². The van der Waals surface area contributed by atoms with Crippen molar-refractivity contribution in [2.24, 2.45) is 0 Å². The molecule has 5 nitrogen and oxygen atoms in total. The normalized spacial score (nSPS) is 19.0. The van der Waals surface area contributed by atoms with Crippen LogP contribution in [0.4, 0.5) is 10.4 Å². The van der Waals surface area contributed by atoms with Crippen LogP contribution >= 0.6 is 0 Å². The summed E-state index contributed by atoms with van der Waals surface area (Å²) in [4.78, 5) is 2.02. The second-order valence-corrected chi connectivity index (χ2v) is 5.09. The summed E-state index contributed by atoms with van der Waals surface area (Å²) in [6.07, 6.45) is 1.66. The maximum absolute atomic E-state index is 13.0. The maximum atomic E-state index is 13.0. The Labute approximate surface area is 122 Å². The molecular weight excluding hydrogens is 273 g/mol. The van der Waals surface area contributed by atoms with Crippen LogP contribution < -0.4 is 4.90 Å². The van der Waals surface area contributed by atoms with Crippen LogP contribution in [0.5, 0.6) is 0 Å². The first-order chi connectivity index (χ1) is 10.3. The Morgan fingerprint density at radius 3 is 2.86 bits per heavy atom. The van der Waals surface area contributed by atoms with Crippen molar-refractivity contribution in [1.82, 2.24) is 10.2 Å². The zero-order valence-electron chi connectivity index (χ0n) is 12.0. The van der Waals surface area contributed by atoms with Crippen LogP contribution in [-0.4, -0.2) is 29.9 Å². The minimum Gasteiger partial charge on any atom is -0.408 e. The number of hydrogen-bond acceptors (Lipinski definition) is 5. The highest BCUT2D eigenvalue weighted by Gasteiger charge is 2.25. The van der Waals surface area contributed by atoms with E-state index in [9.17, 15) is 4.39 Å². The molecule has 0 unspecified atom stereocenters. The first-order valence-electron chi connectivity index (χ1n) is 7.20. The topological polar surface area (TPSA) is 51.4 Å². The second kappa shape index (κ2) is 6.22. The monoisotopic (exact) mass is 291 g/mol. The van der Waals surface area contributed by atoms with E-state index in [0.717, 1.165) is 18.4 Å². The number of morpholine rings is 1. The van der Waals surface area contributed by atoms with Crippen molar-refractivity contribution in [2.45, 2.75) is 25.9 Å². The fourth-order valence-corrected chi connectivity index (χ4v) is 2.39. The standard InChI is InChI=1S/C15H18FN3O2/c1-2-3-14-17-18-15(21-14)19-8-9-20-13(10-19)11-4-6-12(16)7-5-11/h4-7,13H,2-3,8-10H2,1H3/t13-/m0/s1. The molecule has 1 atom stereocenters. The molecule has 1 aromatic carbocycles. The summed E-state index contributed by atoms with van der Waals surface area (Å²) in [7, 11) is 0. The molecular formula is C15H18FN3O2. The summed E-state index contributed by atoms with van der Waals surface area (Å²) in [5.41, 5.74) is 0.953. The van der Waals surface area contributed by atoms with Gasteiger partial charge in [0.15, 0.2) is 0 Å². The maximum Gasteiger partial charge on any atom is 0.318 e. The second-order valence-electron chi connectivity index (χ2n) is 5.09. The van der Waals surface area contributed by atoms with Gasteiger partial charge >= 0.3 is 6.01 Å². The number of rotatable bonds is 4. The van der Waals surface area contributed by atoms with E-state index < -0.39 is 0 Å². The van der Waals surface area contributed by atoms with Crippen LogP contribution in [0.3, 0.4) is 0 Å². The fraction of sp³-hybridized carbons (Fsp3) is 0.467. The molecule has 0 spiro atoms. The van der Waals surface area contributed by atoms with Crippen molar-refractivity contribution in [1.29, 1.82) is 0 Å². The minimum absolute atomic E-state index is 0.110. The highest BCUT2D eigenvalue weighted by molar-refractivity contribution is 5.28. The molecule has 0 aliphatic carbocycles. The summed E-state index contributed by atoms with van der Waals surface area (Å²) in [5.74, 6) is 0.421. The largest absolute Gasteiger partial charge is 0.408 e. The Balaban J connectivity index is 1.71. The Morgan fingerprint density at radius 2 is 2.10 bits per heavy atom. The molecule has 112 valence electrons. The summed E-state index contributed by atoms with van der Waals surface area (Å²) < 4.78 is 24.4. The van der Waals surface area contributed by atoms with Crippen molar-refractivity contribution in [3.05, 3.63) is 41.5 Å². The number of hydrogen-bond donors (Lipinski definition) is 0. The lowest BCUT2D eigenvalue weighted by Crippen LogP contribution is -2.38. The van der Waals surface area contributed by atoms with Gasteiger partial charge in [0, 0.05) is 13.0 Å². The molecule has 1 aliphatic heterocycles. The molecule has 1 fully saturated rings. The molecule has 2 aromatic rings. The first kappa shape index (κ1) is 14.0. The Morgan fingerprint density at radius 1 is 1.29 bits per heavy atom. The van der Waals surface area contributed by atoms with Crippen LogP contribution in [0, 0.1) is 5.82 Å². The van der Waals surface area contributed by atoms with Gasteiger partial charge in [-0.3, -0.25) is 0 Å². The van der Waals surface area contributed by atoms with Crippen LogP contribution in [0.2, 0.25) is 0 Å². The van der Waals surface area contributed by atoms with Gasteiger partial charge in [0.25, 0.3) is 0 Å². The van der Waals surface area contributed by atoms with Crippen LogP contribution in [-0.2, 0) is 11.2 Å². The quantitative estimate of drug-likeness (QED) is 0.867. The lowest BCUT2D eigenvalue weighted by molar-refractivity contribution is 0.0379. The van der Waals surface area contributed by atoms with Crippen LogP contribution in [0.1, 0.15) is 30.9 Å². The first-order valence-corrected chi connectivity index (χ1v) is 7.20. The summed E-state index contributed by atoms with van der Waals surface area (Å²) in [6.45, 7) is 3.99. The zero-order valence-corrected chi connectivity index (χ0v) is 12.0. The summed E-state index contributed by atoms with van der Waals surface area (Å²) >= 11 is 0. The van der Waals surface area contributed by atoms with Gasteiger partial charge in [-0.15, -0.1) is 5.10 Å². The highest BCUT2D eigenvalue weighted by Crippen LogP contribution is 2.25. The van der Waals surface area contributed by atoms with E-state index in [4.69, 9.17) is 9.15 Å². The Hall–Kier alpha value is -1.95. The van der Waals surface area contributed by atoms with Gasteiger partial charge < -0.3 is 14.1 Å². The molecule has 0 amide bonds.